The van der Waals surface area contributed by atoms with E-state index in [1.807, 2.05) is 6.92 Å². The summed E-state index contributed by atoms with van der Waals surface area (Å²) in [4.78, 5) is 12.6. The first-order valence-corrected chi connectivity index (χ1v) is 9.61. The number of hydrogen-bond donors (Lipinski definition) is 0. The Kier molecular flexibility index (Phi) is 4.86. The summed E-state index contributed by atoms with van der Waals surface area (Å²) >= 11 is 6.11. The highest BCUT2D eigenvalue weighted by Gasteiger charge is 2.30. The fraction of sp³-hybridized carbons (Fsp3) is 0.278. The maximum atomic E-state index is 12.9. The molecule has 0 saturated heterocycles. The minimum atomic E-state index is -3.69. The number of nitrogens with zero attached hydrogens (tertiary/aromatic N) is 1. The normalized spacial score (nSPS) is 15.6. The lowest BCUT2D eigenvalue weighted by atomic mass is 10.0. The average Bonchev–Trinajstić information content (AvgIpc) is 2.74. The van der Waals surface area contributed by atoms with Gasteiger partial charge in [-0.15, -0.1) is 0 Å². The zero-order valence-electron chi connectivity index (χ0n) is 14.0. The number of ketones is 1. The number of carbonyl (C=O) groups excluding carboxylic acids is 1. The molecule has 0 aromatic heterocycles. The Morgan fingerprint density at radius 2 is 1.84 bits per heavy atom. The lowest BCUT2D eigenvalue weighted by molar-refractivity contribution is 0.0981. The molecule has 1 aliphatic heterocycles. The van der Waals surface area contributed by atoms with E-state index in [1.54, 1.807) is 36.4 Å². The number of ether oxygens (including phenoxy) is 1. The van der Waals surface area contributed by atoms with Gasteiger partial charge in [0.25, 0.3) is 0 Å². The van der Waals surface area contributed by atoms with Crippen molar-refractivity contribution in [3.8, 4) is 5.75 Å². The van der Waals surface area contributed by atoms with Gasteiger partial charge >= 0.3 is 0 Å². The number of halogens is 1. The van der Waals surface area contributed by atoms with Gasteiger partial charge < -0.3 is 4.74 Å². The van der Waals surface area contributed by atoms with Crippen molar-refractivity contribution < 1.29 is 17.9 Å². The Bertz CT molecular complexity index is 923. The maximum absolute atomic E-state index is 12.9. The van der Waals surface area contributed by atoms with Crippen molar-refractivity contribution in [3.63, 3.8) is 0 Å². The van der Waals surface area contributed by atoms with Crippen LogP contribution in [0.4, 0.5) is 0 Å². The third-order valence-corrected chi connectivity index (χ3v) is 6.43. The summed E-state index contributed by atoms with van der Waals surface area (Å²) in [6, 6.07) is 9.87. The highest BCUT2D eigenvalue weighted by molar-refractivity contribution is 7.89. The average molecular weight is 380 g/mol. The van der Waals surface area contributed by atoms with E-state index >= 15 is 0 Å². The van der Waals surface area contributed by atoms with Crippen LogP contribution in [0.1, 0.15) is 27.9 Å². The Labute approximate surface area is 152 Å². The van der Waals surface area contributed by atoms with E-state index in [1.165, 1.54) is 11.4 Å². The molecular formula is C18H18ClNO4S. The standard InChI is InChI=1S/C18H18ClNO4S/c1-12-3-5-14(6-4-12)25(22,23)20-8-7-17(21)15-10-16(19)18(24-2)9-13(15)11-20/h3-6,9-10H,7-8,11H2,1-2H3. The minimum Gasteiger partial charge on any atom is -0.495 e. The van der Waals surface area contributed by atoms with Crippen molar-refractivity contribution in [2.24, 2.45) is 0 Å². The largest absolute Gasteiger partial charge is 0.495 e. The van der Waals surface area contributed by atoms with Crippen LogP contribution in [0.25, 0.3) is 0 Å². The predicted molar refractivity (Wildman–Crippen MR) is 95.7 cm³/mol. The first-order valence-electron chi connectivity index (χ1n) is 7.79. The van der Waals surface area contributed by atoms with Gasteiger partial charge in [-0.05, 0) is 36.8 Å². The predicted octanol–water partition coefficient (Wildman–Crippen LogP) is 3.43. The van der Waals surface area contributed by atoms with E-state index in [9.17, 15) is 13.2 Å². The van der Waals surface area contributed by atoms with Gasteiger partial charge in [0, 0.05) is 25.1 Å². The van der Waals surface area contributed by atoms with E-state index in [4.69, 9.17) is 16.3 Å². The topological polar surface area (TPSA) is 63.7 Å². The van der Waals surface area contributed by atoms with Crippen molar-refractivity contribution in [1.82, 2.24) is 4.31 Å². The van der Waals surface area contributed by atoms with Gasteiger partial charge in [0.15, 0.2) is 5.78 Å². The fourth-order valence-electron chi connectivity index (χ4n) is 2.84. The number of hydrogen-bond acceptors (Lipinski definition) is 4. The molecule has 2 aromatic carbocycles. The molecule has 132 valence electrons. The number of methoxy groups -OCH3 is 1. The second-order valence-electron chi connectivity index (χ2n) is 5.97. The molecule has 0 spiro atoms. The van der Waals surface area contributed by atoms with Crippen molar-refractivity contribution >= 4 is 27.4 Å². The summed E-state index contributed by atoms with van der Waals surface area (Å²) in [6.07, 6.45) is 0.112. The molecule has 0 fully saturated rings. The van der Waals surface area contributed by atoms with Crippen molar-refractivity contribution in [3.05, 3.63) is 58.1 Å². The van der Waals surface area contributed by atoms with Crippen LogP contribution in [-0.2, 0) is 16.6 Å². The van der Waals surface area contributed by atoms with Crippen LogP contribution in [0.3, 0.4) is 0 Å². The van der Waals surface area contributed by atoms with E-state index < -0.39 is 10.0 Å². The number of benzene rings is 2. The molecule has 5 nitrogen and oxygen atoms in total. The van der Waals surface area contributed by atoms with E-state index in [0.29, 0.717) is 21.9 Å². The quantitative estimate of drug-likeness (QED) is 0.819. The molecule has 3 rings (SSSR count). The Morgan fingerprint density at radius 1 is 1.16 bits per heavy atom. The molecular weight excluding hydrogens is 362 g/mol. The fourth-order valence-corrected chi connectivity index (χ4v) is 4.50. The summed E-state index contributed by atoms with van der Waals surface area (Å²) in [7, 11) is -2.21. The third-order valence-electron chi connectivity index (χ3n) is 4.27. The van der Waals surface area contributed by atoms with E-state index in [2.05, 4.69) is 0 Å². The van der Waals surface area contributed by atoms with Crippen LogP contribution in [0, 0.1) is 6.92 Å². The van der Waals surface area contributed by atoms with Gasteiger partial charge in [-0.3, -0.25) is 4.79 Å². The molecule has 0 atom stereocenters. The summed E-state index contributed by atoms with van der Waals surface area (Å²) in [5, 5.41) is 0.337. The molecule has 0 bridgehead atoms. The third kappa shape index (κ3) is 3.42. The summed E-state index contributed by atoms with van der Waals surface area (Å²) < 4.78 is 32.4. The van der Waals surface area contributed by atoms with Gasteiger partial charge in [0.1, 0.15) is 5.75 Å². The van der Waals surface area contributed by atoms with Gasteiger partial charge in [-0.1, -0.05) is 29.3 Å². The number of carbonyl (C=O) groups is 1. The smallest absolute Gasteiger partial charge is 0.243 e. The monoisotopic (exact) mass is 379 g/mol. The second-order valence-corrected chi connectivity index (χ2v) is 8.31. The van der Waals surface area contributed by atoms with Crippen LogP contribution in [0.5, 0.6) is 5.75 Å². The van der Waals surface area contributed by atoms with Gasteiger partial charge in [0.05, 0.1) is 17.0 Å². The highest BCUT2D eigenvalue weighted by atomic mass is 35.5. The van der Waals surface area contributed by atoms with Crippen LogP contribution in [0.2, 0.25) is 5.02 Å². The van der Waals surface area contributed by atoms with Gasteiger partial charge in [0.2, 0.25) is 10.0 Å². The number of rotatable bonds is 3. The van der Waals surface area contributed by atoms with Crippen LogP contribution >= 0.6 is 11.6 Å². The van der Waals surface area contributed by atoms with Crippen LogP contribution < -0.4 is 4.74 Å². The number of sulfonamides is 1. The minimum absolute atomic E-state index is 0.102. The van der Waals surface area contributed by atoms with Gasteiger partial charge in [-0.25, -0.2) is 8.42 Å². The number of aryl methyl sites for hydroxylation is 1. The second kappa shape index (κ2) is 6.78. The Balaban J connectivity index is 2.03. The molecule has 1 aliphatic rings. The molecule has 0 N–H and O–H groups in total. The molecule has 7 heteroatoms. The first kappa shape index (κ1) is 17.9. The lowest BCUT2D eigenvalue weighted by Gasteiger charge is -2.20. The SMILES string of the molecule is COc1cc2c(cc1Cl)C(=O)CCN(S(=O)(=O)c1ccc(C)cc1)C2. The molecule has 0 amide bonds. The molecule has 0 radical (unpaired) electrons. The zero-order valence-corrected chi connectivity index (χ0v) is 15.5. The van der Waals surface area contributed by atoms with Crippen molar-refractivity contribution in [2.75, 3.05) is 13.7 Å². The van der Waals surface area contributed by atoms with Crippen molar-refractivity contribution in [1.29, 1.82) is 0 Å². The lowest BCUT2D eigenvalue weighted by Crippen LogP contribution is -2.31. The first-order chi connectivity index (χ1) is 11.8. The Hall–Kier alpha value is -1.89. The number of Topliss-reactive ketones (excluding diaryl/α,β-unsaturated/α-hetero) is 1. The molecule has 0 saturated carbocycles. The van der Waals surface area contributed by atoms with E-state index in [-0.39, 0.29) is 30.2 Å². The number of fused-ring (bicyclic) bond motifs is 1. The summed E-state index contributed by atoms with van der Waals surface area (Å²) in [5.41, 5.74) is 2.03. The van der Waals surface area contributed by atoms with Crippen molar-refractivity contribution in [2.45, 2.75) is 24.8 Å². The summed E-state index contributed by atoms with van der Waals surface area (Å²) in [6.45, 7) is 2.13. The van der Waals surface area contributed by atoms with E-state index in [0.717, 1.165) is 5.56 Å². The maximum Gasteiger partial charge on any atom is 0.243 e. The highest BCUT2D eigenvalue weighted by Crippen LogP contribution is 2.32. The zero-order chi connectivity index (χ0) is 18.2. The molecule has 25 heavy (non-hydrogen) atoms. The molecule has 2 aromatic rings. The Morgan fingerprint density at radius 3 is 2.48 bits per heavy atom. The van der Waals surface area contributed by atoms with Crippen LogP contribution in [0.15, 0.2) is 41.3 Å². The molecule has 1 heterocycles. The van der Waals surface area contributed by atoms with Crippen LogP contribution in [-0.4, -0.2) is 32.2 Å². The molecule has 0 aliphatic carbocycles. The molecule has 0 unspecified atom stereocenters. The van der Waals surface area contributed by atoms with Gasteiger partial charge in [-0.2, -0.15) is 4.31 Å². The summed E-state index contributed by atoms with van der Waals surface area (Å²) in [5.74, 6) is 0.295.